The van der Waals surface area contributed by atoms with Crippen LogP contribution in [-0.2, 0) is 14.3 Å². The number of nitrogens with zero attached hydrogens (tertiary/aromatic N) is 1. The number of aliphatic carboxylic acids is 1. The van der Waals surface area contributed by atoms with Crippen LogP contribution in [0.5, 0.6) is 0 Å². The molecule has 1 fully saturated rings. The van der Waals surface area contributed by atoms with Crippen LogP contribution in [0, 0.1) is 0 Å². The molecule has 1 aliphatic carbocycles. The summed E-state index contributed by atoms with van der Waals surface area (Å²) in [6.07, 6.45) is 1.89. The van der Waals surface area contributed by atoms with E-state index < -0.39 is 5.97 Å². The van der Waals surface area contributed by atoms with E-state index in [2.05, 4.69) is 5.32 Å². The van der Waals surface area contributed by atoms with Crippen molar-refractivity contribution in [3.8, 4) is 0 Å². The highest BCUT2D eigenvalue weighted by Crippen LogP contribution is 2.26. The molecule has 19 heavy (non-hydrogen) atoms. The Hall–Kier alpha value is -1.34. The molecule has 1 rings (SSSR count). The van der Waals surface area contributed by atoms with E-state index in [1.807, 2.05) is 0 Å². The van der Waals surface area contributed by atoms with Gasteiger partial charge in [-0.2, -0.15) is 0 Å². The number of methoxy groups -OCH3 is 1. The summed E-state index contributed by atoms with van der Waals surface area (Å²) in [5.74, 6) is -0.888. The predicted molar refractivity (Wildman–Crippen MR) is 68.1 cm³/mol. The van der Waals surface area contributed by atoms with E-state index in [0.29, 0.717) is 26.4 Å². The van der Waals surface area contributed by atoms with Gasteiger partial charge in [0.25, 0.3) is 0 Å². The molecule has 1 aliphatic rings. The lowest BCUT2D eigenvalue weighted by Gasteiger charge is -2.22. The number of carboxylic acids is 1. The van der Waals surface area contributed by atoms with Crippen molar-refractivity contribution >= 4 is 12.0 Å². The minimum absolute atomic E-state index is 0.0196. The molecule has 0 atom stereocenters. The van der Waals surface area contributed by atoms with Gasteiger partial charge in [0.1, 0.15) is 0 Å². The molecule has 0 aromatic carbocycles. The van der Waals surface area contributed by atoms with Crippen LogP contribution < -0.4 is 5.32 Å². The number of ether oxygens (including phenoxy) is 2. The molecular formula is C12H22N2O5. The zero-order valence-electron chi connectivity index (χ0n) is 11.3. The maximum atomic E-state index is 11.9. The summed E-state index contributed by atoms with van der Waals surface area (Å²) in [5, 5.41) is 11.4. The van der Waals surface area contributed by atoms with E-state index in [-0.39, 0.29) is 25.0 Å². The summed E-state index contributed by atoms with van der Waals surface area (Å²) in [6.45, 7) is 2.13. The first kappa shape index (κ1) is 15.7. The van der Waals surface area contributed by atoms with Crippen molar-refractivity contribution < 1.29 is 24.2 Å². The Morgan fingerprint density at radius 1 is 1.32 bits per heavy atom. The third-order valence-electron chi connectivity index (χ3n) is 2.77. The number of carbonyl (C=O) groups is 2. The zero-order chi connectivity index (χ0) is 14.1. The fourth-order valence-electron chi connectivity index (χ4n) is 1.63. The van der Waals surface area contributed by atoms with Crippen molar-refractivity contribution in [1.82, 2.24) is 10.2 Å². The van der Waals surface area contributed by atoms with E-state index >= 15 is 0 Å². The highest BCUT2D eigenvalue weighted by atomic mass is 16.5. The second-order valence-electron chi connectivity index (χ2n) is 4.41. The lowest BCUT2D eigenvalue weighted by molar-refractivity contribution is -0.137. The molecule has 0 aliphatic heterocycles. The number of hydrogen-bond acceptors (Lipinski definition) is 4. The SMILES string of the molecule is COCCOCCNC(=O)N(CCC(=O)O)C1CC1. The lowest BCUT2D eigenvalue weighted by Crippen LogP contribution is -2.43. The van der Waals surface area contributed by atoms with Crippen LogP contribution in [0.15, 0.2) is 0 Å². The first-order valence-electron chi connectivity index (χ1n) is 6.48. The Morgan fingerprint density at radius 3 is 2.63 bits per heavy atom. The fourth-order valence-corrected chi connectivity index (χ4v) is 1.63. The molecule has 0 aromatic heterocycles. The molecule has 7 heteroatoms. The van der Waals surface area contributed by atoms with Crippen molar-refractivity contribution in [3.05, 3.63) is 0 Å². The van der Waals surface area contributed by atoms with Gasteiger partial charge in [-0.3, -0.25) is 4.79 Å². The van der Waals surface area contributed by atoms with Crippen molar-refractivity contribution in [2.75, 3.05) is 40.0 Å². The average Bonchev–Trinajstić information content (AvgIpc) is 3.18. The number of carboxylic acid groups (broad SMARTS) is 1. The summed E-state index contributed by atoms with van der Waals surface area (Å²) < 4.78 is 10.1. The molecule has 110 valence electrons. The van der Waals surface area contributed by atoms with Crippen molar-refractivity contribution in [2.24, 2.45) is 0 Å². The van der Waals surface area contributed by atoms with Gasteiger partial charge < -0.3 is 24.8 Å². The maximum Gasteiger partial charge on any atom is 0.317 e. The quantitative estimate of drug-likeness (QED) is 0.559. The fraction of sp³-hybridized carbons (Fsp3) is 0.833. The van der Waals surface area contributed by atoms with Crippen molar-refractivity contribution in [3.63, 3.8) is 0 Å². The van der Waals surface area contributed by atoms with Gasteiger partial charge in [-0.25, -0.2) is 4.79 Å². The lowest BCUT2D eigenvalue weighted by atomic mass is 10.4. The Kier molecular flexibility index (Phi) is 7.20. The highest BCUT2D eigenvalue weighted by Gasteiger charge is 2.32. The minimum atomic E-state index is -0.888. The van der Waals surface area contributed by atoms with Gasteiger partial charge in [0.2, 0.25) is 0 Å². The number of nitrogens with one attached hydrogen (secondary N) is 1. The first-order chi connectivity index (χ1) is 9.15. The molecule has 1 saturated carbocycles. The monoisotopic (exact) mass is 274 g/mol. The molecule has 2 N–H and O–H groups in total. The normalized spacial score (nSPS) is 14.2. The van der Waals surface area contributed by atoms with Gasteiger partial charge in [0.15, 0.2) is 0 Å². The van der Waals surface area contributed by atoms with Gasteiger partial charge in [0.05, 0.1) is 26.2 Å². The van der Waals surface area contributed by atoms with Gasteiger partial charge in [-0.05, 0) is 12.8 Å². The second kappa shape index (κ2) is 8.71. The van der Waals surface area contributed by atoms with Crippen LogP contribution >= 0.6 is 0 Å². The molecule has 0 heterocycles. The van der Waals surface area contributed by atoms with Gasteiger partial charge in [-0.1, -0.05) is 0 Å². The summed E-state index contributed by atoms with van der Waals surface area (Å²) in [6, 6.07) is -0.00662. The summed E-state index contributed by atoms with van der Waals surface area (Å²) >= 11 is 0. The summed E-state index contributed by atoms with van der Waals surface area (Å²) in [7, 11) is 1.60. The van der Waals surface area contributed by atoms with E-state index in [9.17, 15) is 9.59 Å². The summed E-state index contributed by atoms with van der Waals surface area (Å²) in [5.41, 5.74) is 0. The molecule has 0 radical (unpaired) electrons. The van der Waals surface area contributed by atoms with E-state index in [1.54, 1.807) is 12.0 Å². The maximum absolute atomic E-state index is 11.9. The Balaban J connectivity index is 2.15. The molecule has 2 amide bonds. The van der Waals surface area contributed by atoms with Crippen molar-refractivity contribution in [2.45, 2.75) is 25.3 Å². The molecular weight excluding hydrogens is 252 g/mol. The first-order valence-corrected chi connectivity index (χ1v) is 6.48. The third kappa shape index (κ3) is 6.97. The number of hydrogen-bond donors (Lipinski definition) is 2. The standard InChI is InChI=1S/C12H22N2O5/c1-18-8-9-19-7-5-13-12(17)14(10-2-3-10)6-4-11(15)16/h10H,2-9H2,1H3,(H,13,17)(H,15,16). The Morgan fingerprint density at radius 2 is 2.05 bits per heavy atom. The second-order valence-corrected chi connectivity index (χ2v) is 4.41. The number of rotatable bonds is 10. The smallest absolute Gasteiger partial charge is 0.317 e. The average molecular weight is 274 g/mol. The van der Waals surface area contributed by atoms with Crippen LogP contribution in [0.4, 0.5) is 4.79 Å². The van der Waals surface area contributed by atoms with Crippen LogP contribution in [0.25, 0.3) is 0 Å². The Bertz CT molecular complexity index is 294. The van der Waals surface area contributed by atoms with Gasteiger partial charge >= 0.3 is 12.0 Å². The van der Waals surface area contributed by atoms with Crippen LogP contribution in [0.1, 0.15) is 19.3 Å². The molecule has 0 aromatic rings. The van der Waals surface area contributed by atoms with E-state index in [4.69, 9.17) is 14.6 Å². The number of carbonyl (C=O) groups excluding carboxylic acids is 1. The highest BCUT2D eigenvalue weighted by molar-refractivity contribution is 5.76. The zero-order valence-corrected chi connectivity index (χ0v) is 11.3. The molecule has 0 spiro atoms. The van der Waals surface area contributed by atoms with E-state index in [1.165, 1.54) is 0 Å². The van der Waals surface area contributed by atoms with Crippen molar-refractivity contribution in [1.29, 1.82) is 0 Å². The summed E-state index contributed by atoms with van der Waals surface area (Å²) in [4.78, 5) is 24.0. The number of urea groups is 1. The Labute approximate surface area is 112 Å². The predicted octanol–water partition coefficient (Wildman–Crippen LogP) is 0.298. The van der Waals surface area contributed by atoms with Crippen LogP contribution in [0.3, 0.4) is 0 Å². The minimum Gasteiger partial charge on any atom is -0.481 e. The number of amides is 2. The molecule has 7 nitrogen and oxygen atoms in total. The topological polar surface area (TPSA) is 88.1 Å². The largest absolute Gasteiger partial charge is 0.481 e. The van der Waals surface area contributed by atoms with E-state index in [0.717, 1.165) is 12.8 Å². The van der Waals surface area contributed by atoms with Crippen LogP contribution in [-0.4, -0.2) is 68.1 Å². The molecule has 0 bridgehead atoms. The van der Waals surface area contributed by atoms with Crippen LogP contribution in [0.2, 0.25) is 0 Å². The van der Waals surface area contributed by atoms with Gasteiger partial charge in [-0.15, -0.1) is 0 Å². The third-order valence-corrected chi connectivity index (χ3v) is 2.77. The molecule has 0 unspecified atom stereocenters. The molecule has 0 saturated heterocycles. The van der Waals surface area contributed by atoms with Gasteiger partial charge in [0, 0.05) is 26.2 Å².